The molecule has 0 heterocycles. The summed E-state index contributed by atoms with van der Waals surface area (Å²) in [5.41, 5.74) is 2.40. The number of benzene rings is 1. The molecule has 0 fully saturated rings. The number of halogens is 1. The predicted molar refractivity (Wildman–Crippen MR) is 81.1 cm³/mol. The molecule has 102 valence electrons. The Balaban J connectivity index is 2.47. The van der Waals surface area contributed by atoms with E-state index in [0.29, 0.717) is 0 Å². The normalized spacial score (nSPS) is 11.8. The minimum absolute atomic E-state index is 0.721. The Morgan fingerprint density at radius 2 is 1.72 bits per heavy atom. The van der Waals surface area contributed by atoms with Gasteiger partial charge in [-0.3, -0.25) is 0 Å². The van der Waals surface area contributed by atoms with E-state index in [4.69, 9.17) is 11.6 Å². The van der Waals surface area contributed by atoms with Gasteiger partial charge in [-0.05, 0) is 48.4 Å². The maximum atomic E-state index is 6.13. The van der Waals surface area contributed by atoms with Gasteiger partial charge in [0.05, 0.1) is 0 Å². The third kappa shape index (κ3) is 4.62. The Hall–Kier alpha value is -0.530. The molecule has 18 heavy (non-hydrogen) atoms. The van der Waals surface area contributed by atoms with Gasteiger partial charge in [-0.25, -0.2) is 0 Å². The van der Waals surface area contributed by atoms with E-state index in [1.54, 1.807) is 0 Å². The van der Waals surface area contributed by atoms with Crippen molar-refractivity contribution >= 4 is 11.6 Å². The van der Waals surface area contributed by atoms with Gasteiger partial charge in [-0.1, -0.05) is 51.4 Å². The van der Waals surface area contributed by atoms with E-state index in [-0.39, 0.29) is 0 Å². The van der Waals surface area contributed by atoms with Crippen molar-refractivity contribution in [2.75, 3.05) is 6.54 Å². The van der Waals surface area contributed by atoms with Crippen molar-refractivity contribution in [3.8, 4) is 0 Å². The van der Waals surface area contributed by atoms with Crippen LogP contribution in [0.4, 0.5) is 0 Å². The Bertz CT molecular complexity index is 363. The molecule has 0 unspecified atom stereocenters. The Kier molecular flexibility index (Phi) is 6.17. The predicted octanol–water partition coefficient (Wildman–Crippen LogP) is 4.67. The fourth-order valence-corrected chi connectivity index (χ4v) is 2.57. The summed E-state index contributed by atoms with van der Waals surface area (Å²) in [6, 6.07) is 6.29. The SMILES string of the molecule is Cc1ccc(CNCC(C(C)C)C(C)C)cc1Cl. The van der Waals surface area contributed by atoms with E-state index in [0.717, 1.165) is 41.4 Å². The van der Waals surface area contributed by atoms with E-state index in [1.165, 1.54) is 5.56 Å². The zero-order valence-corrected chi connectivity index (χ0v) is 13.0. The van der Waals surface area contributed by atoms with Crippen LogP contribution in [0, 0.1) is 24.7 Å². The van der Waals surface area contributed by atoms with Crippen LogP contribution in [0.25, 0.3) is 0 Å². The minimum Gasteiger partial charge on any atom is -0.312 e. The first-order chi connectivity index (χ1) is 8.41. The summed E-state index contributed by atoms with van der Waals surface area (Å²) >= 11 is 6.13. The van der Waals surface area contributed by atoms with Crippen LogP contribution in [-0.2, 0) is 6.54 Å². The number of nitrogens with one attached hydrogen (secondary N) is 1. The molecule has 0 bridgehead atoms. The van der Waals surface area contributed by atoms with Crippen molar-refractivity contribution in [1.82, 2.24) is 5.32 Å². The van der Waals surface area contributed by atoms with Crippen molar-refractivity contribution in [3.05, 3.63) is 34.3 Å². The summed E-state index contributed by atoms with van der Waals surface area (Å²) in [6.45, 7) is 13.2. The lowest BCUT2D eigenvalue weighted by Gasteiger charge is -2.25. The molecular formula is C16H26ClN. The number of hydrogen-bond donors (Lipinski definition) is 1. The molecule has 0 saturated heterocycles. The van der Waals surface area contributed by atoms with Gasteiger partial charge in [0.2, 0.25) is 0 Å². The molecule has 0 aliphatic heterocycles. The summed E-state index contributed by atoms with van der Waals surface area (Å²) in [6.07, 6.45) is 0. The first-order valence-corrected chi connectivity index (χ1v) is 7.25. The number of rotatable bonds is 6. The van der Waals surface area contributed by atoms with Gasteiger partial charge in [0, 0.05) is 11.6 Å². The zero-order chi connectivity index (χ0) is 13.7. The largest absolute Gasteiger partial charge is 0.312 e. The summed E-state index contributed by atoms with van der Waals surface area (Å²) < 4.78 is 0. The average Bonchev–Trinajstić information content (AvgIpc) is 2.28. The molecule has 0 radical (unpaired) electrons. The Morgan fingerprint density at radius 1 is 1.11 bits per heavy atom. The molecule has 0 aromatic heterocycles. The Morgan fingerprint density at radius 3 is 2.22 bits per heavy atom. The Labute approximate surface area is 117 Å². The smallest absolute Gasteiger partial charge is 0.0438 e. The average molecular weight is 268 g/mol. The summed E-state index contributed by atoms with van der Waals surface area (Å²) in [4.78, 5) is 0. The third-order valence-electron chi connectivity index (χ3n) is 3.66. The lowest BCUT2D eigenvalue weighted by atomic mass is 9.85. The fourth-order valence-electron chi connectivity index (χ4n) is 2.37. The number of hydrogen-bond acceptors (Lipinski definition) is 1. The van der Waals surface area contributed by atoms with Gasteiger partial charge in [-0.15, -0.1) is 0 Å². The van der Waals surface area contributed by atoms with Gasteiger partial charge >= 0.3 is 0 Å². The molecule has 0 atom stereocenters. The van der Waals surface area contributed by atoms with E-state index in [9.17, 15) is 0 Å². The van der Waals surface area contributed by atoms with Crippen LogP contribution in [0.15, 0.2) is 18.2 Å². The molecule has 2 heteroatoms. The highest BCUT2D eigenvalue weighted by Gasteiger charge is 2.16. The highest BCUT2D eigenvalue weighted by molar-refractivity contribution is 6.31. The van der Waals surface area contributed by atoms with Crippen molar-refractivity contribution in [3.63, 3.8) is 0 Å². The monoisotopic (exact) mass is 267 g/mol. The first kappa shape index (κ1) is 15.5. The van der Waals surface area contributed by atoms with Crippen LogP contribution in [-0.4, -0.2) is 6.54 Å². The first-order valence-electron chi connectivity index (χ1n) is 6.87. The topological polar surface area (TPSA) is 12.0 Å². The minimum atomic E-state index is 0.721. The molecule has 1 aromatic carbocycles. The molecular weight excluding hydrogens is 242 g/mol. The van der Waals surface area contributed by atoms with Crippen LogP contribution < -0.4 is 5.32 Å². The van der Waals surface area contributed by atoms with Gasteiger partial charge < -0.3 is 5.32 Å². The second kappa shape index (κ2) is 7.16. The fraction of sp³-hybridized carbons (Fsp3) is 0.625. The van der Waals surface area contributed by atoms with E-state index >= 15 is 0 Å². The van der Waals surface area contributed by atoms with Gasteiger partial charge in [0.1, 0.15) is 0 Å². The second-order valence-corrected chi connectivity index (χ2v) is 6.27. The van der Waals surface area contributed by atoms with Crippen molar-refractivity contribution < 1.29 is 0 Å². The summed E-state index contributed by atoms with van der Waals surface area (Å²) in [7, 11) is 0. The van der Waals surface area contributed by atoms with Crippen molar-refractivity contribution in [2.45, 2.75) is 41.2 Å². The van der Waals surface area contributed by atoms with Gasteiger partial charge in [0.15, 0.2) is 0 Å². The second-order valence-electron chi connectivity index (χ2n) is 5.87. The van der Waals surface area contributed by atoms with Crippen LogP contribution in [0.1, 0.15) is 38.8 Å². The van der Waals surface area contributed by atoms with Crippen molar-refractivity contribution in [1.29, 1.82) is 0 Å². The standard InChI is InChI=1S/C16H26ClN/c1-11(2)15(12(3)4)10-18-9-14-7-6-13(5)16(17)8-14/h6-8,11-12,15,18H,9-10H2,1-5H3. The van der Waals surface area contributed by atoms with Crippen molar-refractivity contribution in [2.24, 2.45) is 17.8 Å². The lowest BCUT2D eigenvalue weighted by molar-refractivity contribution is 0.275. The molecule has 1 aromatic rings. The third-order valence-corrected chi connectivity index (χ3v) is 4.07. The summed E-state index contributed by atoms with van der Waals surface area (Å²) in [5.74, 6) is 2.17. The van der Waals surface area contributed by atoms with Crippen LogP contribution in [0.3, 0.4) is 0 Å². The molecule has 1 nitrogen and oxygen atoms in total. The molecule has 1 N–H and O–H groups in total. The van der Waals surface area contributed by atoms with Crippen LogP contribution in [0.5, 0.6) is 0 Å². The molecule has 0 amide bonds. The van der Waals surface area contributed by atoms with E-state index < -0.39 is 0 Å². The zero-order valence-electron chi connectivity index (χ0n) is 12.3. The molecule has 0 aliphatic rings. The van der Waals surface area contributed by atoms with Crippen LogP contribution >= 0.6 is 11.6 Å². The molecule has 0 aliphatic carbocycles. The highest BCUT2D eigenvalue weighted by Crippen LogP contribution is 2.20. The number of aryl methyl sites for hydroxylation is 1. The van der Waals surface area contributed by atoms with Gasteiger partial charge in [-0.2, -0.15) is 0 Å². The molecule has 1 rings (SSSR count). The summed E-state index contributed by atoms with van der Waals surface area (Å²) in [5, 5.41) is 4.41. The maximum Gasteiger partial charge on any atom is 0.0438 e. The van der Waals surface area contributed by atoms with Gasteiger partial charge in [0.25, 0.3) is 0 Å². The maximum absolute atomic E-state index is 6.13. The quantitative estimate of drug-likeness (QED) is 0.790. The lowest BCUT2D eigenvalue weighted by Crippen LogP contribution is -2.29. The van der Waals surface area contributed by atoms with E-state index in [2.05, 4.69) is 51.2 Å². The molecule has 0 spiro atoms. The van der Waals surface area contributed by atoms with Crippen LogP contribution in [0.2, 0.25) is 5.02 Å². The van der Waals surface area contributed by atoms with E-state index in [1.807, 2.05) is 6.92 Å². The highest BCUT2D eigenvalue weighted by atomic mass is 35.5. The molecule has 0 saturated carbocycles.